The summed E-state index contributed by atoms with van der Waals surface area (Å²) in [5.74, 6) is -1.15. The molecule has 0 saturated heterocycles. The van der Waals surface area contributed by atoms with Gasteiger partial charge in [-0.15, -0.1) is 0 Å². The van der Waals surface area contributed by atoms with E-state index in [1.54, 1.807) is 4.68 Å². The molecule has 0 bridgehead atoms. The molecule has 7 nitrogen and oxygen atoms in total. The number of aromatic nitrogens is 2. The standard InChI is InChI=1S/C15H17N3O4/c1-9-6-10(2)18(17-9)8-14(19)16-11-4-5-12(15(20)21)13(7-11)22-3/h4-7H,8H2,1-3H3,(H,16,19)(H,20,21). The smallest absolute Gasteiger partial charge is 0.339 e. The van der Waals surface area contributed by atoms with Crippen LogP contribution in [0.4, 0.5) is 5.69 Å². The number of carboxylic acid groups (broad SMARTS) is 1. The Balaban J connectivity index is 2.11. The predicted octanol–water partition coefficient (Wildman–Crippen LogP) is 1.85. The Hall–Kier alpha value is -2.83. The number of carbonyl (C=O) groups is 2. The van der Waals surface area contributed by atoms with E-state index in [-0.39, 0.29) is 23.8 Å². The molecule has 1 aromatic heterocycles. The topological polar surface area (TPSA) is 93.5 Å². The number of ether oxygens (including phenoxy) is 1. The van der Waals surface area contributed by atoms with Gasteiger partial charge in [0.05, 0.1) is 12.8 Å². The van der Waals surface area contributed by atoms with Gasteiger partial charge in [0, 0.05) is 17.4 Å². The van der Waals surface area contributed by atoms with Crippen LogP contribution in [0.3, 0.4) is 0 Å². The normalized spacial score (nSPS) is 10.3. The van der Waals surface area contributed by atoms with E-state index >= 15 is 0 Å². The van der Waals surface area contributed by atoms with Gasteiger partial charge in [0.2, 0.25) is 5.91 Å². The summed E-state index contributed by atoms with van der Waals surface area (Å²) in [6.07, 6.45) is 0. The Labute approximate surface area is 127 Å². The molecule has 0 aliphatic carbocycles. The number of anilines is 1. The lowest BCUT2D eigenvalue weighted by Crippen LogP contribution is -2.20. The fraction of sp³-hybridized carbons (Fsp3) is 0.267. The van der Waals surface area contributed by atoms with Crippen LogP contribution in [0.15, 0.2) is 24.3 Å². The first kappa shape index (κ1) is 15.6. The maximum atomic E-state index is 12.0. The second-order valence-electron chi connectivity index (χ2n) is 4.85. The first-order valence-corrected chi connectivity index (χ1v) is 6.63. The van der Waals surface area contributed by atoms with Crippen molar-refractivity contribution >= 4 is 17.6 Å². The van der Waals surface area contributed by atoms with E-state index in [0.29, 0.717) is 5.69 Å². The molecular formula is C15H17N3O4. The highest BCUT2D eigenvalue weighted by Crippen LogP contribution is 2.23. The van der Waals surface area contributed by atoms with Crippen molar-refractivity contribution in [2.45, 2.75) is 20.4 Å². The van der Waals surface area contributed by atoms with Crippen LogP contribution in [-0.2, 0) is 11.3 Å². The highest BCUT2D eigenvalue weighted by Gasteiger charge is 2.13. The number of nitrogens with zero attached hydrogens (tertiary/aromatic N) is 2. The summed E-state index contributed by atoms with van der Waals surface area (Å²) in [7, 11) is 1.38. The number of aromatic carboxylic acids is 1. The molecule has 2 rings (SSSR count). The van der Waals surface area contributed by atoms with Crippen molar-refractivity contribution in [2.75, 3.05) is 12.4 Å². The number of nitrogens with one attached hydrogen (secondary N) is 1. The Bertz CT molecular complexity index is 722. The molecule has 0 unspecified atom stereocenters. The fourth-order valence-electron chi connectivity index (χ4n) is 2.12. The third kappa shape index (κ3) is 3.43. The lowest BCUT2D eigenvalue weighted by Gasteiger charge is -2.10. The molecule has 7 heteroatoms. The zero-order chi connectivity index (χ0) is 16.3. The Kier molecular flexibility index (Phi) is 4.45. The number of carboxylic acids is 1. The Morgan fingerprint density at radius 1 is 1.32 bits per heavy atom. The number of hydrogen-bond donors (Lipinski definition) is 2. The van der Waals surface area contributed by atoms with E-state index in [1.165, 1.54) is 25.3 Å². The molecule has 0 fully saturated rings. The molecule has 2 N–H and O–H groups in total. The molecule has 1 amide bonds. The molecule has 0 aliphatic heterocycles. The number of hydrogen-bond acceptors (Lipinski definition) is 4. The van der Waals surface area contributed by atoms with Gasteiger partial charge in [-0.1, -0.05) is 0 Å². The number of aryl methyl sites for hydroxylation is 2. The molecule has 22 heavy (non-hydrogen) atoms. The molecule has 1 aromatic carbocycles. The van der Waals surface area contributed by atoms with Gasteiger partial charge >= 0.3 is 5.97 Å². The molecule has 0 spiro atoms. The molecule has 0 atom stereocenters. The number of methoxy groups -OCH3 is 1. The maximum absolute atomic E-state index is 12.0. The predicted molar refractivity (Wildman–Crippen MR) is 80.3 cm³/mol. The Morgan fingerprint density at radius 3 is 2.59 bits per heavy atom. The van der Waals surface area contributed by atoms with Crippen LogP contribution in [0.5, 0.6) is 5.75 Å². The fourth-order valence-corrected chi connectivity index (χ4v) is 2.12. The van der Waals surface area contributed by atoms with Gasteiger partial charge in [-0.2, -0.15) is 5.10 Å². The van der Waals surface area contributed by atoms with E-state index in [4.69, 9.17) is 9.84 Å². The van der Waals surface area contributed by atoms with Gasteiger partial charge < -0.3 is 15.2 Å². The van der Waals surface area contributed by atoms with Crippen LogP contribution in [0.25, 0.3) is 0 Å². The summed E-state index contributed by atoms with van der Waals surface area (Å²) in [5, 5.41) is 15.9. The van der Waals surface area contributed by atoms with E-state index in [9.17, 15) is 9.59 Å². The minimum atomic E-state index is -1.09. The second-order valence-corrected chi connectivity index (χ2v) is 4.85. The summed E-state index contributed by atoms with van der Waals surface area (Å²) in [5.41, 5.74) is 2.25. The Morgan fingerprint density at radius 2 is 2.05 bits per heavy atom. The van der Waals surface area contributed by atoms with Crippen molar-refractivity contribution in [2.24, 2.45) is 0 Å². The quantitative estimate of drug-likeness (QED) is 0.879. The molecule has 2 aromatic rings. The molecule has 1 heterocycles. The minimum absolute atomic E-state index is 0.0408. The highest BCUT2D eigenvalue weighted by molar-refractivity contribution is 5.94. The average Bonchev–Trinajstić information content (AvgIpc) is 2.76. The van der Waals surface area contributed by atoms with Gasteiger partial charge in [0.15, 0.2) is 0 Å². The number of benzene rings is 1. The molecular weight excluding hydrogens is 286 g/mol. The highest BCUT2D eigenvalue weighted by atomic mass is 16.5. The van der Waals surface area contributed by atoms with Crippen LogP contribution < -0.4 is 10.1 Å². The molecule has 0 saturated carbocycles. The SMILES string of the molecule is COc1cc(NC(=O)Cn2nc(C)cc2C)ccc1C(=O)O. The first-order chi connectivity index (χ1) is 10.4. The summed E-state index contributed by atoms with van der Waals surface area (Å²) in [4.78, 5) is 23.0. The first-order valence-electron chi connectivity index (χ1n) is 6.63. The van der Waals surface area contributed by atoms with E-state index in [0.717, 1.165) is 11.4 Å². The van der Waals surface area contributed by atoms with E-state index in [1.807, 2.05) is 19.9 Å². The maximum Gasteiger partial charge on any atom is 0.339 e. The van der Waals surface area contributed by atoms with Crippen LogP contribution in [0.1, 0.15) is 21.7 Å². The monoisotopic (exact) mass is 303 g/mol. The summed E-state index contributed by atoms with van der Waals surface area (Å²) in [6, 6.07) is 6.27. The molecule has 116 valence electrons. The van der Waals surface area contributed by atoms with Crippen LogP contribution in [0.2, 0.25) is 0 Å². The van der Waals surface area contributed by atoms with Crippen molar-refractivity contribution in [3.05, 3.63) is 41.2 Å². The number of rotatable bonds is 5. The molecule has 0 aliphatic rings. The van der Waals surface area contributed by atoms with Gasteiger partial charge in [-0.05, 0) is 32.0 Å². The number of carbonyl (C=O) groups excluding carboxylic acids is 1. The third-order valence-electron chi connectivity index (χ3n) is 3.11. The van der Waals surface area contributed by atoms with Crippen molar-refractivity contribution in [3.63, 3.8) is 0 Å². The lowest BCUT2D eigenvalue weighted by atomic mass is 10.2. The van der Waals surface area contributed by atoms with Gasteiger partial charge in [0.1, 0.15) is 17.9 Å². The van der Waals surface area contributed by atoms with E-state index < -0.39 is 5.97 Å². The zero-order valence-corrected chi connectivity index (χ0v) is 12.6. The zero-order valence-electron chi connectivity index (χ0n) is 12.6. The average molecular weight is 303 g/mol. The van der Waals surface area contributed by atoms with Crippen molar-refractivity contribution in [1.82, 2.24) is 9.78 Å². The summed E-state index contributed by atoms with van der Waals surface area (Å²) in [6.45, 7) is 3.82. The van der Waals surface area contributed by atoms with Crippen molar-refractivity contribution in [3.8, 4) is 5.75 Å². The number of amides is 1. The minimum Gasteiger partial charge on any atom is -0.496 e. The van der Waals surface area contributed by atoms with Crippen LogP contribution >= 0.6 is 0 Å². The van der Waals surface area contributed by atoms with Gasteiger partial charge in [-0.25, -0.2) is 4.79 Å². The lowest BCUT2D eigenvalue weighted by molar-refractivity contribution is -0.116. The molecule has 0 radical (unpaired) electrons. The summed E-state index contributed by atoms with van der Waals surface area (Å²) < 4.78 is 6.62. The van der Waals surface area contributed by atoms with Gasteiger partial charge in [-0.3, -0.25) is 9.48 Å². The third-order valence-corrected chi connectivity index (χ3v) is 3.11. The van der Waals surface area contributed by atoms with Crippen LogP contribution in [-0.4, -0.2) is 33.9 Å². The van der Waals surface area contributed by atoms with Crippen molar-refractivity contribution in [1.29, 1.82) is 0 Å². The largest absolute Gasteiger partial charge is 0.496 e. The van der Waals surface area contributed by atoms with Crippen LogP contribution in [0, 0.1) is 13.8 Å². The van der Waals surface area contributed by atoms with E-state index in [2.05, 4.69) is 10.4 Å². The summed E-state index contributed by atoms with van der Waals surface area (Å²) >= 11 is 0. The van der Waals surface area contributed by atoms with Gasteiger partial charge in [0.25, 0.3) is 0 Å². The van der Waals surface area contributed by atoms with Crippen molar-refractivity contribution < 1.29 is 19.4 Å². The second kappa shape index (κ2) is 6.30.